The average molecular weight is 321 g/mol. The second kappa shape index (κ2) is 8.62. The minimum absolute atomic E-state index is 0.0989. The molecule has 1 atom stereocenters. The number of nitro benzene ring substituents is 1. The van der Waals surface area contributed by atoms with Crippen LogP contribution >= 0.6 is 0 Å². The first kappa shape index (κ1) is 18.3. The van der Waals surface area contributed by atoms with Crippen LogP contribution in [0.1, 0.15) is 37.6 Å². The third-order valence-electron chi connectivity index (χ3n) is 3.16. The number of para-hydroxylation sites is 1. The monoisotopic (exact) mass is 321 g/mol. The van der Waals surface area contributed by atoms with Gasteiger partial charge in [-0.15, -0.1) is 0 Å². The van der Waals surface area contributed by atoms with E-state index in [0.717, 1.165) is 0 Å². The van der Waals surface area contributed by atoms with Crippen LogP contribution in [0.5, 0.6) is 0 Å². The van der Waals surface area contributed by atoms with E-state index in [2.05, 4.69) is 10.5 Å². The van der Waals surface area contributed by atoms with Gasteiger partial charge in [0, 0.05) is 11.8 Å². The van der Waals surface area contributed by atoms with Crippen molar-refractivity contribution in [2.75, 3.05) is 6.61 Å². The molecule has 0 unspecified atom stereocenters. The van der Waals surface area contributed by atoms with Gasteiger partial charge in [0.2, 0.25) is 0 Å². The number of rotatable bonds is 7. The molecule has 0 saturated carbocycles. The van der Waals surface area contributed by atoms with Gasteiger partial charge < -0.3 is 4.74 Å². The lowest BCUT2D eigenvalue weighted by Gasteiger charge is -2.13. The van der Waals surface area contributed by atoms with Gasteiger partial charge >= 0.3 is 5.97 Å². The summed E-state index contributed by atoms with van der Waals surface area (Å²) in [5.41, 5.74) is 2.21. The summed E-state index contributed by atoms with van der Waals surface area (Å²) in [7, 11) is 0. The van der Waals surface area contributed by atoms with Crippen molar-refractivity contribution in [2.45, 2.75) is 27.2 Å². The second-order valence-corrected chi connectivity index (χ2v) is 4.68. The molecule has 0 fully saturated rings. The maximum Gasteiger partial charge on any atom is 0.314 e. The van der Waals surface area contributed by atoms with Crippen LogP contribution in [0.15, 0.2) is 29.4 Å². The smallest absolute Gasteiger partial charge is 0.314 e. The number of hydrogen-bond donors (Lipinski definition) is 1. The Morgan fingerprint density at radius 2 is 2.00 bits per heavy atom. The molecule has 0 aliphatic carbocycles. The van der Waals surface area contributed by atoms with E-state index in [0.29, 0.717) is 12.1 Å². The quantitative estimate of drug-likeness (QED) is 0.358. The third-order valence-corrected chi connectivity index (χ3v) is 3.16. The maximum atomic E-state index is 12.0. The van der Waals surface area contributed by atoms with Gasteiger partial charge in [0.15, 0.2) is 0 Å². The molecule has 23 heavy (non-hydrogen) atoms. The van der Waals surface area contributed by atoms with E-state index in [9.17, 15) is 19.7 Å². The molecule has 0 saturated heterocycles. The number of esters is 1. The first-order chi connectivity index (χ1) is 10.9. The maximum absolute atomic E-state index is 12.0. The highest BCUT2D eigenvalue weighted by Crippen LogP contribution is 2.17. The molecule has 0 aromatic heterocycles. The normalized spacial score (nSPS) is 12.4. The molecule has 0 heterocycles. The van der Waals surface area contributed by atoms with E-state index in [1.165, 1.54) is 24.3 Å². The number of nitro groups is 1. The highest BCUT2D eigenvalue weighted by atomic mass is 16.6. The molecule has 1 aromatic rings. The lowest BCUT2D eigenvalue weighted by atomic mass is 10.0. The number of hydrazone groups is 1. The summed E-state index contributed by atoms with van der Waals surface area (Å²) in [6.07, 6.45) is 0.468. The molecule has 8 heteroatoms. The Morgan fingerprint density at radius 3 is 2.57 bits per heavy atom. The van der Waals surface area contributed by atoms with Crippen molar-refractivity contribution in [3.8, 4) is 0 Å². The number of ether oxygens (including phenoxy) is 1. The van der Waals surface area contributed by atoms with Crippen LogP contribution in [0.4, 0.5) is 5.69 Å². The van der Waals surface area contributed by atoms with Gasteiger partial charge in [0.25, 0.3) is 11.6 Å². The van der Waals surface area contributed by atoms with Crippen molar-refractivity contribution in [3.05, 3.63) is 39.9 Å². The van der Waals surface area contributed by atoms with E-state index >= 15 is 0 Å². The zero-order chi connectivity index (χ0) is 17.4. The van der Waals surface area contributed by atoms with Gasteiger partial charge in [0.1, 0.15) is 5.56 Å². The minimum atomic E-state index is -0.713. The Kier molecular flexibility index (Phi) is 6.85. The molecule has 124 valence electrons. The number of hydrogen-bond acceptors (Lipinski definition) is 6. The molecule has 1 amide bonds. The molecule has 0 spiro atoms. The zero-order valence-corrected chi connectivity index (χ0v) is 13.2. The predicted molar refractivity (Wildman–Crippen MR) is 84.1 cm³/mol. The van der Waals surface area contributed by atoms with Crippen LogP contribution in [-0.4, -0.2) is 29.1 Å². The number of carbonyl (C=O) groups is 2. The van der Waals surface area contributed by atoms with Gasteiger partial charge in [0.05, 0.1) is 17.4 Å². The summed E-state index contributed by atoms with van der Waals surface area (Å²) in [5, 5.41) is 14.8. The van der Waals surface area contributed by atoms with Crippen LogP contribution in [0.2, 0.25) is 0 Å². The van der Waals surface area contributed by atoms with Crippen LogP contribution < -0.4 is 5.43 Å². The highest BCUT2D eigenvalue weighted by Gasteiger charge is 2.22. The molecule has 1 N–H and O–H groups in total. The Labute approximate surface area is 133 Å². The lowest BCUT2D eigenvalue weighted by Crippen LogP contribution is -2.27. The molecular formula is C15H19N3O5. The topological polar surface area (TPSA) is 111 Å². The molecule has 1 rings (SSSR count). The van der Waals surface area contributed by atoms with Gasteiger partial charge in [-0.2, -0.15) is 5.10 Å². The van der Waals surface area contributed by atoms with E-state index in [-0.39, 0.29) is 17.9 Å². The predicted octanol–water partition coefficient (Wildman–Crippen LogP) is 2.29. The SMILES string of the molecule is CCOC(=O)[C@@H](CC)C(C)=NNC(=O)c1ccccc1[N+](=O)[O-]. The van der Waals surface area contributed by atoms with Gasteiger partial charge in [-0.3, -0.25) is 19.7 Å². The summed E-state index contributed by atoms with van der Waals surface area (Å²) >= 11 is 0. The first-order valence-corrected chi connectivity index (χ1v) is 7.16. The Morgan fingerprint density at radius 1 is 1.35 bits per heavy atom. The van der Waals surface area contributed by atoms with Crippen molar-refractivity contribution >= 4 is 23.3 Å². The summed E-state index contributed by atoms with van der Waals surface area (Å²) < 4.78 is 4.94. The highest BCUT2D eigenvalue weighted by molar-refractivity contribution is 6.02. The molecule has 0 radical (unpaired) electrons. The fraction of sp³-hybridized carbons (Fsp3) is 0.400. The van der Waals surface area contributed by atoms with Crippen LogP contribution in [0.3, 0.4) is 0 Å². The largest absolute Gasteiger partial charge is 0.465 e. The average Bonchev–Trinajstić information content (AvgIpc) is 2.53. The first-order valence-electron chi connectivity index (χ1n) is 7.16. The molecule has 0 aliphatic heterocycles. The summed E-state index contributed by atoms with van der Waals surface area (Å²) in [6, 6.07) is 5.56. The standard InChI is InChI=1S/C15H19N3O5/c1-4-11(15(20)23-5-2)10(3)16-17-14(19)12-8-6-7-9-13(12)18(21)22/h6-9,11H,4-5H2,1-3H3,(H,17,19)/t11-/m0/s1. The van der Waals surface area contributed by atoms with Crippen molar-refractivity contribution in [2.24, 2.45) is 11.0 Å². The Balaban J connectivity index is 2.89. The van der Waals surface area contributed by atoms with E-state index in [4.69, 9.17) is 4.74 Å². The van der Waals surface area contributed by atoms with Crippen molar-refractivity contribution in [1.82, 2.24) is 5.43 Å². The molecular weight excluding hydrogens is 302 g/mol. The lowest BCUT2D eigenvalue weighted by molar-refractivity contribution is -0.385. The third kappa shape index (κ3) is 4.87. The summed E-state index contributed by atoms with van der Waals surface area (Å²) in [4.78, 5) is 34.1. The minimum Gasteiger partial charge on any atom is -0.465 e. The number of carbonyl (C=O) groups excluding carboxylic acids is 2. The molecule has 1 aromatic carbocycles. The van der Waals surface area contributed by atoms with Crippen molar-refractivity contribution in [1.29, 1.82) is 0 Å². The zero-order valence-electron chi connectivity index (χ0n) is 13.2. The number of amides is 1. The summed E-state index contributed by atoms with van der Waals surface area (Å²) in [5.74, 6) is -1.70. The molecule has 0 bridgehead atoms. The van der Waals surface area contributed by atoms with Gasteiger partial charge in [-0.25, -0.2) is 5.43 Å². The summed E-state index contributed by atoms with van der Waals surface area (Å²) in [6.45, 7) is 5.34. The fourth-order valence-corrected chi connectivity index (χ4v) is 1.98. The van der Waals surface area contributed by atoms with Crippen LogP contribution in [0.25, 0.3) is 0 Å². The number of benzene rings is 1. The van der Waals surface area contributed by atoms with Gasteiger partial charge in [-0.1, -0.05) is 19.1 Å². The van der Waals surface area contributed by atoms with E-state index in [1.807, 2.05) is 0 Å². The van der Waals surface area contributed by atoms with Crippen LogP contribution in [0, 0.1) is 16.0 Å². The van der Waals surface area contributed by atoms with E-state index in [1.54, 1.807) is 20.8 Å². The van der Waals surface area contributed by atoms with Gasteiger partial charge in [-0.05, 0) is 26.3 Å². The number of nitrogens with one attached hydrogen (secondary N) is 1. The molecule has 0 aliphatic rings. The van der Waals surface area contributed by atoms with Crippen molar-refractivity contribution < 1.29 is 19.2 Å². The van der Waals surface area contributed by atoms with Crippen molar-refractivity contribution in [3.63, 3.8) is 0 Å². The molecule has 8 nitrogen and oxygen atoms in total. The second-order valence-electron chi connectivity index (χ2n) is 4.68. The Hall–Kier alpha value is -2.77. The number of nitrogens with zero attached hydrogens (tertiary/aromatic N) is 2. The fourth-order valence-electron chi connectivity index (χ4n) is 1.98. The Bertz CT molecular complexity index is 627. The van der Waals surface area contributed by atoms with Crippen LogP contribution in [-0.2, 0) is 9.53 Å². The van der Waals surface area contributed by atoms with E-state index < -0.39 is 22.7 Å².